The van der Waals surface area contributed by atoms with Gasteiger partial charge in [-0.1, -0.05) is 50.6 Å². The number of hydrogen-bond acceptors (Lipinski definition) is 6. The van der Waals surface area contributed by atoms with E-state index in [-0.39, 0.29) is 47.2 Å². The summed E-state index contributed by atoms with van der Waals surface area (Å²) in [6.07, 6.45) is -4.44. The third-order valence-electron chi connectivity index (χ3n) is 9.96. The summed E-state index contributed by atoms with van der Waals surface area (Å²) in [7, 11) is 0. The van der Waals surface area contributed by atoms with Crippen molar-refractivity contribution < 1.29 is 35.9 Å². The van der Waals surface area contributed by atoms with E-state index < -0.39 is 59.5 Å². The molecule has 0 radical (unpaired) electrons. The molecule has 2 aromatic heterocycles. The Morgan fingerprint density at radius 3 is 2.50 bits per heavy atom. The first-order valence-electron chi connectivity index (χ1n) is 17.4. The van der Waals surface area contributed by atoms with Crippen LogP contribution in [0.3, 0.4) is 0 Å². The van der Waals surface area contributed by atoms with E-state index >= 15 is 4.39 Å². The molecule has 54 heavy (non-hydrogen) atoms. The number of ether oxygens (including phenoxy) is 1. The summed E-state index contributed by atoms with van der Waals surface area (Å²) in [5.41, 5.74) is -2.31. The molecule has 7 rings (SSSR count). The van der Waals surface area contributed by atoms with Crippen LogP contribution in [0.5, 0.6) is 0 Å². The molecule has 4 aromatic rings. The van der Waals surface area contributed by atoms with Crippen LogP contribution < -0.4 is 10.6 Å². The maximum atomic E-state index is 16.4. The van der Waals surface area contributed by atoms with Crippen LogP contribution in [-0.2, 0) is 10.3 Å². The molecule has 3 N–H and O–H groups in total. The smallest absolute Gasteiger partial charge is 0.411 e. The maximum Gasteiger partial charge on any atom is 0.411 e. The van der Waals surface area contributed by atoms with Gasteiger partial charge < -0.3 is 20.3 Å². The molecule has 3 aliphatic rings. The molecule has 1 aliphatic heterocycles. The molecule has 18 heteroatoms. The Morgan fingerprint density at radius 2 is 1.87 bits per heavy atom. The van der Waals surface area contributed by atoms with Crippen molar-refractivity contribution in [2.45, 2.75) is 88.6 Å². The molecule has 0 spiro atoms. The molecular weight excluding hydrogens is 740 g/mol. The fourth-order valence-electron chi connectivity index (χ4n) is 7.16. The zero-order valence-corrected chi connectivity index (χ0v) is 30.3. The van der Waals surface area contributed by atoms with E-state index in [1.165, 1.54) is 29.2 Å². The lowest BCUT2D eigenvalue weighted by atomic mass is 9.75. The first kappa shape index (κ1) is 37.5. The number of carbonyl (C=O) groups is 1. The minimum Gasteiger partial charge on any atom is -0.447 e. The quantitative estimate of drug-likeness (QED) is 0.131. The summed E-state index contributed by atoms with van der Waals surface area (Å²) in [6, 6.07) is 10.2. The monoisotopic (exact) mass is 777 g/mol. The second-order valence-corrected chi connectivity index (χ2v) is 15.8. The topological polar surface area (TPSA) is 126 Å². The molecule has 2 saturated carbocycles. The van der Waals surface area contributed by atoms with Gasteiger partial charge in [-0.3, -0.25) is 10.1 Å². The third-order valence-corrected chi connectivity index (χ3v) is 10.3. The number of guanidine groups is 1. The number of alkyl halides is 5. The van der Waals surface area contributed by atoms with Crippen LogP contribution in [0.4, 0.5) is 31.1 Å². The minimum atomic E-state index is -4.69. The number of rotatable bonds is 11. The van der Waals surface area contributed by atoms with Crippen molar-refractivity contribution in [2.24, 2.45) is 5.41 Å². The Morgan fingerprint density at radius 1 is 1.13 bits per heavy atom. The van der Waals surface area contributed by atoms with E-state index in [1.54, 1.807) is 12.1 Å². The molecule has 3 fully saturated rings. The van der Waals surface area contributed by atoms with Crippen molar-refractivity contribution in [3.63, 3.8) is 0 Å². The average molecular weight is 778 g/mol. The maximum absolute atomic E-state index is 16.4. The molecule has 3 heterocycles. The number of benzene rings is 2. The average Bonchev–Trinajstić information content (AvgIpc) is 3.94. The molecule has 1 amide bonds. The van der Waals surface area contributed by atoms with Crippen molar-refractivity contribution in [3.05, 3.63) is 82.8 Å². The van der Waals surface area contributed by atoms with Crippen LogP contribution in [-0.4, -0.2) is 66.4 Å². The molecule has 1 saturated heterocycles. The first-order valence-corrected chi connectivity index (χ1v) is 17.7. The van der Waals surface area contributed by atoms with Crippen molar-refractivity contribution in [1.82, 2.24) is 40.1 Å². The highest BCUT2D eigenvalue weighted by Gasteiger charge is 2.64. The Bertz CT molecular complexity index is 2070. The predicted molar refractivity (Wildman–Crippen MR) is 186 cm³/mol. The van der Waals surface area contributed by atoms with Gasteiger partial charge in [-0.25, -0.2) is 27.6 Å². The van der Waals surface area contributed by atoms with Crippen molar-refractivity contribution in [3.8, 4) is 16.9 Å². The van der Waals surface area contributed by atoms with Gasteiger partial charge in [-0.2, -0.15) is 23.4 Å². The number of amides is 1. The minimum absolute atomic E-state index is 0.00387. The lowest BCUT2D eigenvalue weighted by molar-refractivity contribution is -0.164. The van der Waals surface area contributed by atoms with E-state index in [0.717, 1.165) is 23.9 Å². The second kappa shape index (κ2) is 13.5. The number of aromatic nitrogens is 5. The van der Waals surface area contributed by atoms with Crippen molar-refractivity contribution in [2.75, 3.05) is 13.2 Å². The van der Waals surface area contributed by atoms with E-state index in [9.17, 15) is 26.7 Å². The van der Waals surface area contributed by atoms with Crippen molar-refractivity contribution in [1.29, 1.82) is 5.41 Å². The van der Waals surface area contributed by atoms with Gasteiger partial charge in [0.15, 0.2) is 11.8 Å². The lowest BCUT2D eigenvalue weighted by Gasteiger charge is -2.37. The number of hydrogen-bond donors (Lipinski definition) is 3. The molecular formula is C36H38ClF6N9O2. The van der Waals surface area contributed by atoms with E-state index in [1.807, 2.05) is 43.0 Å². The zero-order chi connectivity index (χ0) is 38.8. The van der Waals surface area contributed by atoms with E-state index in [4.69, 9.17) is 21.7 Å². The molecule has 11 nitrogen and oxygen atoms in total. The van der Waals surface area contributed by atoms with Gasteiger partial charge in [0, 0.05) is 23.9 Å². The fourth-order valence-corrected chi connectivity index (χ4v) is 7.36. The predicted octanol–water partition coefficient (Wildman–Crippen LogP) is 8.23. The van der Waals surface area contributed by atoms with Crippen molar-refractivity contribution >= 4 is 23.7 Å². The van der Waals surface area contributed by atoms with Crippen LogP contribution in [0.15, 0.2) is 55.0 Å². The fraction of sp³-hybridized carbons (Fsp3) is 0.472. The summed E-state index contributed by atoms with van der Waals surface area (Å²) in [4.78, 5) is 18.0. The van der Waals surface area contributed by atoms with Gasteiger partial charge in [0.05, 0.1) is 34.0 Å². The number of carbonyl (C=O) groups excluding carboxylic acids is 1. The van der Waals surface area contributed by atoms with E-state index in [2.05, 4.69) is 20.5 Å². The van der Waals surface area contributed by atoms with Gasteiger partial charge in [0.2, 0.25) is 0 Å². The van der Waals surface area contributed by atoms with Gasteiger partial charge in [0.25, 0.3) is 6.43 Å². The van der Waals surface area contributed by atoms with Gasteiger partial charge in [-0.15, -0.1) is 0 Å². The van der Waals surface area contributed by atoms with Crippen LogP contribution in [0.2, 0.25) is 5.02 Å². The standard InChI is InChI=1S/C36H38ClF6N9O2/c1-33(2,3)17-34(23-8-4-20(14-25(23)38)26-10-13-51(49-26)22-6-7-22)18-50(31(44)47-34)28(16-54-32(53)48-35(11-12-35)36(41,42)43)21-5-9-24(37)27(15-21)52-30(29(39)40)45-19-46-52/h4-5,8-10,13-15,19,22,28-29H,6-7,11-12,16-18H2,1-3H3,(H2,44,47)(H,48,53)/t28-,34+/m1/s1. The lowest BCUT2D eigenvalue weighted by Crippen LogP contribution is -2.48. The highest BCUT2D eigenvalue weighted by Crippen LogP contribution is 2.49. The molecule has 2 atom stereocenters. The second-order valence-electron chi connectivity index (χ2n) is 15.4. The summed E-state index contributed by atoms with van der Waals surface area (Å²) in [6.45, 7) is 5.25. The van der Waals surface area contributed by atoms with Crippen LogP contribution >= 0.6 is 11.6 Å². The van der Waals surface area contributed by atoms with Crippen LogP contribution in [0, 0.1) is 16.6 Å². The number of nitrogens with one attached hydrogen (secondary N) is 3. The molecule has 0 bridgehead atoms. The summed E-state index contributed by atoms with van der Waals surface area (Å²) in [5, 5.41) is 22.8. The number of nitrogens with zero attached hydrogens (tertiary/aromatic N) is 6. The van der Waals surface area contributed by atoms with Gasteiger partial charge in [-0.05, 0) is 67.3 Å². The summed E-state index contributed by atoms with van der Waals surface area (Å²) < 4.78 is 93.2. The van der Waals surface area contributed by atoms with Gasteiger partial charge >= 0.3 is 12.3 Å². The Labute approximate surface area is 311 Å². The van der Waals surface area contributed by atoms with E-state index in [0.29, 0.717) is 23.7 Å². The molecule has 2 aliphatic carbocycles. The number of alkyl carbamates (subject to hydrolysis) is 1. The highest BCUT2D eigenvalue weighted by molar-refractivity contribution is 6.32. The summed E-state index contributed by atoms with van der Waals surface area (Å²) >= 11 is 6.45. The van der Waals surface area contributed by atoms with Crippen LogP contribution in [0.25, 0.3) is 16.9 Å². The SMILES string of the molecule is CC(C)(C)C[C@@]1(c2ccc(-c3ccn(C4CC4)n3)cc2F)CN([C@H](COC(=O)NC2(C(F)(F)F)CC2)c2ccc(Cl)c(-n3ncnc3C(F)F)c2)C(=N)N1. The Balaban J connectivity index is 1.25. The molecule has 288 valence electrons. The first-order chi connectivity index (χ1) is 25.4. The summed E-state index contributed by atoms with van der Waals surface area (Å²) in [5.74, 6) is -1.44. The molecule has 2 aromatic carbocycles. The Hall–Kier alpha value is -4.80. The third kappa shape index (κ3) is 7.33. The largest absolute Gasteiger partial charge is 0.447 e. The number of halogens is 7. The normalized spacial score (nSPS) is 20.3. The zero-order valence-electron chi connectivity index (χ0n) is 29.5. The van der Waals surface area contributed by atoms with Gasteiger partial charge in [0.1, 0.15) is 24.3 Å². The molecule has 0 unspecified atom stereocenters. The van der Waals surface area contributed by atoms with Crippen LogP contribution in [0.1, 0.15) is 88.3 Å². The Kier molecular flexibility index (Phi) is 9.38. The highest BCUT2D eigenvalue weighted by atomic mass is 35.5.